The molecule has 2 heterocycles. The molecule has 0 saturated heterocycles. The average molecular weight is 358 g/mol. The van der Waals surface area contributed by atoms with Crippen LogP contribution in [0.25, 0.3) is 0 Å². The van der Waals surface area contributed by atoms with Gasteiger partial charge < -0.3 is 4.90 Å². The zero-order valence-corrected chi connectivity index (χ0v) is 14.8. The summed E-state index contributed by atoms with van der Waals surface area (Å²) >= 11 is 0. The third-order valence-corrected chi connectivity index (χ3v) is 4.41. The normalized spacial score (nSPS) is 20.4. The molecular weight excluding hydrogens is 333 g/mol. The fraction of sp³-hybridized carbons (Fsp3) is 0.529. The standard InChI is InChI=1S/C17H23N3O.2ClH/c21-17(16-10-6-12-19-16)20(15-8-2-1-3-9-15)13-14-7-4-5-11-18-14;;/h4-7,10-11,15-16,19H,1-3,8-9,12-13H2;2*1H. The minimum Gasteiger partial charge on any atom is -0.332 e. The summed E-state index contributed by atoms with van der Waals surface area (Å²) in [6, 6.07) is 6.11. The Morgan fingerprint density at radius 3 is 2.61 bits per heavy atom. The average Bonchev–Trinajstić information content (AvgIpc) is 3.08. The number of nitrogens with one attached hydrogen (secondary N) is 1. The van der Waals surface area contributed by atoms with Gasteiger partial charge in [0, 0.05) is 18.8 Å². The molecule has 1 N–H and O–H groups in total. The molecular formula is C17H25Cl2N3O. The fourth-order valence-corrected chi connectivity index (χ4v) is 3.26. The monoisotopic (exact) mass is 357 g/mol. The van der Waals surface area contributed by atoms with Crippen LogP contribution >= 0.6 is 24.8 Å². The molecule has 0 spiro atoms. The van der Waals surface area contributed by atoms with Crippen LogP contribution in [0.4, 0.5) is 0 Å². The molecule has 0 aromatic carbocycles. The Morgan fingerprint density at radius 1 is 1.22 bits per heavy atom. The van der Waals surface area contributed by atoms with Gasteiger partial charge in [-0.3, -0.25) is 15.1 Å². The molecule has 3 rings (SSSR count). The second-order valence-electron chi connectivity index (χ2n) is 5.89. The van der Waals surface area contributed by atoms with E-state index in [2.05, 4.69) is 15.2 Å². The molecule has 1 aromatic rings. The van der Waals surface area contributed by atoms with Crippen molar-refractivity contribution < 1.29 is 4.79 Å². The Bertz CT molecular complexity index is 504. The van der Waals surface area contributed by atoms with Gasteiger partial charge in [-0.1, -0.05) is 37.5 Å². The second kappa shape index (κ2) is 9.91. The number of rotatable bonds is 4. The molecule has 1 atom stereocenters. The van der Waals surface area contributed by atoms with Crippen LogP contribution in [-0.2, 0) is 11.3 Å². The van der Waals surface area contributed by atoms with Crippen LogP contribution in [0.1, 0.15) is 37.8 Å². The van der Waals surface area contributed by atoms with Crippen molar-refractivity contribution in [3.63, 3.8) is 0 Å². The largest absolute Gasteiger partial charge is 0.332 e. The predicted molar refractivity (Wildman–Crippen MR) is 97.1 cm³/mol. The van der Waals surface area contributed by atoms with Crippen molar-refractivity contribution in [2.75, 3.05) is 6.54 Å². The highest BCUT2D eigenvalue weighted by Gasteiger charge is 2.30. The first-order chi connectivity index (χ1) is 10.3. The van der Waals surface area contributed by atoms with Crippen molar-refractivity contribution in [2.45, 2.75) is 50.7 Å². The van der Waals surface area contributed by atoms with Crippen molar-refractivity contribution >= 4 is 30.7 Å². The second-order valence-corrected chi connectivity index (χ2v) is 5.89. The van der Waals surface area contributed by atoms with Gasteiger partial charge in [0.25, 0.3) is 0 Å². The van der Waals surface area contributed by atoms with Crippen LogP contribution in [0.15, 0.2) is 36.5 Å². The maximum absolute atomic E-state index is 12.8. The molecule has 4 nitrogen and oxygen atoms in total. The number of hydrogen-bond acceptors (Lipinski definition) is 3. The van der Waals surface area contributed by atoms with Crippen molar-refractivity contribution in [1.29, 1.82) is 0 Å². The lowest BCUT2D eigenvalue weighted by molar-refractivity contribution is -0.135. The van der Waals surface area contributed by atoms with E-state index in [-0.39, 0.29) is 36.8 Å². The lowest BCUT2D eigenvalue weighted by Gasteiger charge is -2.35. The minimum absolute atomic E-state index is 0. The van der Waals surface area contributed by atoms with E-state index in [1.807, 2.05) is 30.4 Å². The van der Waals surface area contributed by atoms with Gasteiger partial charge in [0.05, 0.1) is 12.2 Å². The maximum Gasteiger partial charge on any atom is 0.244 e. The molecule has 128 valence electrons. The Balaban J connectivity index is 0.00000132. The third-order valence-electron chi connectivity index (χ3n) is 4.41. The van der Waals surface area contributed by atoms with Crippen LogP contribution in [0.2, 0.25) is 0 Å². The molecule has 0 radical (unpaired) electrons. The van der Waals surface area contributed by atoms with E-state index in [1.54, 1.807) is 6.20 Å². The molecule has 1 aromatic heterocycles. The minimum atomic E-state index is -0.157. The topological polar surface area (TPSA) is 45.2 Å². The first-order valence-electron chi connectivity index (χ1n) is 7.95. The van der Waals surface area contributed by atoms with Crippen molar-refractivity contribution in [1.82, 2.24) is 15.2 Å². The summed E-state index contributed by atoms with van der Waals surface area (Å²) in [4.78, 5) is 19.3. The highest BCUT2D eigenvalue weighted by atomic mass is 35.5. The van der Waals surface area contributed by atoms with E-state index in [0.29, 0.717) is 12.6 Å². The van der Waals surface area contributed by atoms with Gasteiger partial charge in [-0.2, -0.15) is 0 Å². The first-order valence-corrected chi connectivity index (χ1v) is 7.95. The molecule has 0 bridgehead atoms. The van der Waals surface area contributed by atoms with Gasteiger partial charge in [0.1, 0.15) is 6.04 Å². The smallest absolute Gasteiger partial charge is 0.244 e. The molecule has 1 aliphatic carbocycles. The Morgan fingerprint density at radius 2 is 2.00 bits per heavy atom. The van der Waals surface area contributed by atoms with E-state index >= 15 is 0 Å². The number of nitrogens with zero attached hydrogens (tertiary/aromatic N) is 2. The highest BCUT2D eigenvalue weighted by molar-refractivity contribution is 5.85. The number of aromatic nitrogens is 1. The maximum atomic E-state index is 12.8. The molecule has 1 unspecified atom stereocenters. The van der Waals surface area contributed by atoms with E-state index in [4.69, 9.17) is 0 Å². The number of hydrogen-bond donors (Lipinski definition) is 1. The van der Waals surface area contributed by atoms with Crippen molar-refractivity contribution in [3.05, 3.63) is 42.2 Å². The van der Waals surface area contributed by atoms with Crippen LogP contribution in [0.3, 0.4) is 0 Å². The molecule has 1 fully saturated rings. The number of amides is 1. The number of carbonyl (C=O) groups excluding carboxylic acids is 1. The SMILES string of the molecule is Cl.Cl.O=C(C1C=CCN1)N(Cc1ccccn1)C1CCCCC1. The Hall–Kier alpha value is -1.10. The van der Waals surface area contributed by atoms with Gasteiger partial charge in [0.2, 0.25) is 5.91 Å². The molecule has 6 heteroatoms. The van der Waals surface area contributed by atoms with Crippen LogP contribution < -0.4 is 5.32 Å². The molecule has 2 aliphatic rings. The van der Waals surface area contributed by atoms with Crippen molar-refractivity contribution in [2.24, 2.45) is 0 Å². The first kappa shape index (κ1) is 19.9. The Kier molecular flexibility index (Phi) is 8.59. The number of pyridine rings is 1. The van der Waals surface area contributed by atoms with Crippen molar-refractivity contribution in [3.8, 4) is 0 Å². The summed E-state index contributed by atoms with van der Waals surface area (Å²) in [7, 11) is 0. The molecule has 1 amide bonds. The van der Waals surface area contributed by atoms with E-state index < -0.39 is 0 Å². The highest BCUT2D eigenvalue weighted by Crippen LogP contribution is 2.25. The van der Waals surface area contributed by atoms with Gasteiger partial charge in [-0.15, -0.1) is 24.8 Å². The zero-order valence-electron chi connectivity index (χ0n) is 13.2. The summed E-state index contributed by atoms with van der Waals surface area (Å²) < 4.78 is 0. The predicted octanol–water partition coefficient (Wildman–Crippen LogP) is 3.11. The summed E-state index contributed by atoms with van der Waals surface area (Å²) in [5, 5.41) is 3.24. The van der Waals surface area contributed by atoms with E-state index in [9.17, 15) is 4.79 Å². The number of halogens is 2. The van der Waals surface area contributed by atoms with Crippen LogP contribution in [-0.4, -0.2) is 34.4 Å². The molecule has 1 saturated carbocycles. The summed E-state index contributed by atoms with van der Waals surface area (Å²) in [5.74, 6) is 0.196. The third kappa shape index (κ3) is 5.20. The van der Waals surface area contributed by atoms with Gasteiger partial charge >= 0.3 is 0 Å². The number of carbonyl (C=O) groups is 1. The summed E-state index contributed by atoms with van der Waals surface area (Å²) in [6.07, 6.45) is 11.8. The quantitative estimate of drug-likeness (QED) is 0.842. The molecule has 23 heavy (non-hydrogen) atoms. The summed E-state index contributed by atoms with van der Waals surface area (Å²) in [6.45, 7) is 1.41. The van der Waals surface area contributed by atoms with E-state index in [1.165, 1.54) is 19.3 Å². The zero-order chi connectivity index (χ0) is 14.5. The van der Waals surface area contributed by atoms with Crippen LogP contribution in [0, 0.1) is 0 Å². The lowest BCUT2D eigenvalue weighted by atomic mass is 9.93. The lowest BCUT2D eigenvalue weighted by Crippen LogP contribution is -2.48. The van der Waals surface area contributed by atoms with Gasteiger partial charge in [-0.25, -0.2) is 0 Å². The molecule has 1 aliphatic heterocycles. The van der Waals surface area contributed by atoms with Gasteiger partial charge in [0.15, 0.2) is 0 Å². The summed E-state index contributed by atoms with van der Waals surface area (Å²) in [5.41, 5.74) is 0.971. The van der Waals surface area contributed by atoms with Crippen LogP contribution in [0.5, 0.6) is 0 Å². The van der Waals surface area contributed by atoms with Gasteiger partial charge in [-0.05, 0) is 25.0 Å². The fourth-order valence-electron chi connectivity index (χ4n) is 3.26. The van der Waals surface area contributed by atoms with E-state index in [0.717, 1.165) is 25.1 Å². The Labute approximate surface area is 150 Å².